The molecule has 5 atom stereocenters. The molecule has 0 radical (unpaired) electrons. The Morgan fingerprint density at radius 1 is 0.806 bits per heavy atom. The lowest BCUT2D eigenvalue weighted by atomic mass is 9.86. The molecule has 4 rings (SSSR count). The largest absolute Gasteiger partial charge is 0.393 e. The first-order valence-electron chi connectivity index (χ1n) is 12.1. The van der Waals surface area contributed by atoms with Crippen LogP contribution in [-0.4, -0.2) is 65.2 Å². The summed E-state index contributed by atoms with van der Waals surface area (Å²) in [7, 11) is 0. The van der Waals surface area contributed by atoms with Crippen LogP contribution >= 0.6 is 0 Å². The van der Waals surface area contributed by atoms with Crippen LogP contribution in [0.4, 0.5) is 0 Å². The first kappa shape index (κ1) is 26.4. The van der Waals surface area contributed by atoms with Gasteiger partial charge in [0.05, 0.1) is 39.6 Å². The van der Waals surface area contributed by atoms with E-state index in [1.165, 1.54) is 0 Å². The van der Waals surface area contributed by atoms with Crippen LogP contribution in [0, 0.1) is 0 Å². The minimum atomic E-state index is -1.84. The van der Waals surface area contributed by atoms with Gasteiger partial charge in [0.2, 0.25) is 0 Å². The molecular weight excluding hydrogens is 460 g/mol. The maximum absolute atomic E-state index is 11.1. The van der Waals surface area contributed by atoms with E-state index in [1.807, 2.05) is 91.0 Å². The van der Waals surface area contributed by atoms with Gasteiger partial charge in [0, 0.05) is 0 Å². The highest BCUT2D eigenvalue weighted by Gasteiger charge is 2.51. The molecule has 36 heavy (non-hydrogen) atoms. The van der Waals surface area contributed by atoms with Crippen LogP contribution < -0.4 is 0 Å². The van der Waals surface area contributed by atoms with Crippen LogP contribution in [-0.2, 0) is 38.8 Å². The standard InChI is InChI=1S/C29H34O7/c30-20-29(32)21-36-26(27(28(29)31)35-18-24-14-8-3-9-15-24)25(34-17-23-12-6-2-7-13-23)19-33-16-22-10-4-1-5-11-22/h1-15,25-28,30-32H,16-21H2/t25-,26-,27-,28+,29+/m1/s1. The highest BCUT2D eigenvalue weighted by Crippen LogP contribution is 2.30. The van der Waals surface area contributed by atoms with Crippen LogP contribution in [0.5, 0.6) is 0 Å². The lowest BCUT2D eigenvalue weighted by Gasteiger charge is -2.46. The summed E-state index contributed by atoms with van der Waals surface area (Å²) in [6, 6.07) is 29.1. The molecule has 7 nitrogen and oxygen atoms in total. The van der Waals surface area contributed by atoms with E-state index in [2.05, 4.69) is 0 Å². The third kappa shape index (κ3) is 6.99. The van der Waals surface area contributed by atoms with Gasteiger partial charge in [0.25, 0.3) is 0 Å². The van der Waals surface area contributed by atoms with E-state index in [-0.39, 0.29) is 19.8 Å². The Bertz CT molecular complexity index is 1020. The number of hydrogen-bond acceptors (Lipinski definition) is 7. The van der Waals surface area contributed by atoms with Crippen molar-refractivity contribution >= 4 is 0 Å². The third-order valence-electron chi connectivity index (χ3n) is 6.34. The predicted octanol–water partition coefficient (Wildman–Crippen LogP) is 2.86. The lowest BCUT2D eigenvalue weighted by Crippen LogP contribution is -2.66. The summed E-state index contributed by atoms with van der Waals surface area (Å²) < 4.78 is 24.4. The second kappa shape index (κ2) is 13.1. The molecule has 3 N–H and O–H groups in total. The van der Waals surface area contributed by atoms with Crippen molar-refractivity contribution in [3.63, 3.8) is 0 Å². The molecule has 1 aliphatic rings. The quantitative estimate of drug-likeness (QED) is 0.356. The SMILES string of the molecule is OC[C@]1(O)CO[C@H]([C@@H](COCc2ccccc2)OCc2ccccc2)[C@@H](OCc2ccccc2)[C@@H]1O. The molecular formula is C29H34O7. The second-order valence-corrected chi connectivity index (χ2v) is 9.08. The Kier molecular flexibility index (Phi) is 9.60. The zero-order chi connectivity index (χ0) is 25.2. The molecule has 1 saturated heterocycles. The summed E-state index contributed by atoms with van der Waals surface area (Å²) in [6.45, 7) is 0.155. The van der Waals surface area contributed by atoms with Crippen LogP contribution in [0.1, 0.15) is 16.7 Å². The predicted molar refractivity (Wildman–Crippen MR) is 134 cm³/mol. The van der Waals surface area contributed by atoms with Gasteiger partial charge in [0.15, 0.2) is 0 Å². The summed E-state index contributed by atoms with van der Waals surface area (Å²) >= 11 is 0. The van der Waals surface area contributed by atoms with Crippen LogP contribution in [0.3, 0.4) is 0 Å². The molecule has 3 aromatic rings. The molecule has 0 aliphatic carbocycles. The minimum absolute atomic E-state index is 0.182. The van der Waals surface area contributed by atoms with Crippen molar-refractivity contribution in [3.05, 3.63) is 108 Å². The second-order valence-electron chi connectivity index (χ2n) is 9.08. The van der Waals surface area contributed by atoms with Gasteiger partial charge in [-0.2, -0.15) is 0 Å². The maximum atomic E-state index is 11.1. The molecule has 0 amide bonds. The van der Waals surface area contributed by atoms with Crippen molar-refractivity contribution in [2.24, 2.45) is 0 Å². The normalized spacial score (nSPS) is 24.9. The molecule has 1 aliphatic heterocycles. The zero-order valence-electron chi connectivity index (χ0n) is 20.2. The first-order valence-corrected chi connectivity index (χ1v) is 12.1. The number of rotatable bonds is 12. The van der Waals surface area contributed by atoms with Gasteiger partial charge in [-0.1, -0.05) is 91.0 Å². The van der Waals surface area contributed by atoms with Crippen molar-refractivity contribution in [2.75, 3.05) is 19.8 Å². The third-order valence-corrected chi connectivity index (χ3v) is 6.34. The van der Waals surface area contributed by atoms with Crippen molar-refractivity contribution in [1.82, 2.24) is 0 Å². The number of benzene rings is 3. The Hall–Kier alpha value is -2.62. The van der Waals surface area contributed by atoms with Crippen molar-refractivity contribution in [2.45, 2.75) is 49.8 Å². The van der Waals surface area contributed by atoms with Gasteiger partial charge >= 0.3 is 0 Å². The highest BCUT2D eigenvalue weighted by atomic mass is 16.6. The van der Waals surface area contributed by atoms with Crippen molar-refractivity contribution in [3.8, 4) is 0 Å². The van der Waals surface area contributed by atoms with Crippen LogP contribution in [0.2, 0.25) is 0 Å². The number of aliphatic hydroxyl groups excluding tert-OH is 2. The summed E-state index contributed by atoms with van der Waals surface area (Å²) in [4.78, 5) is 0. The van der Waals surface area contributed by atoms with Gasteiger partial charge in [-0.05, 0) is 16.7 Å². The van der Waals surface area contributed by atoms with E-state index >= 15 is 0 Å². The fourth-order valence-electron chi connectivity index (χ4n) is 4.20. The average molecular weight is 495 g/mol. The summed E-state index contributed by atoms with van der Waals surface area (Å²) in [5, 5.41) is 31.6. The smallest absolute Gasteiger partial charge is 0.139 e. The molecule has 0 aromatic heterocycles. The Balaban J connectivity index is 1.51. The van der Waals surface area contributed by atoms with E-state index < -0.39 is 36.6 Å². The molecule has 3 aromatic carbocycles. The van der Waals surface area contributed by atoms with E-state index in [9.17, 15) is 15.3 Å². The molecule has 0 saturated carbocycles. The number of hydrogen-bond donors (Lipinski definition) is 3. The monoisotopic (exact) mass is 494 g/mol. The van der Waals surface area contributed by atoms with Crippen molar-refractivity contribution in [1.29, 1.82) is 0 Å². The van der Waals surface area contributed by atoms with Gasteiger partial charge in [-0.15, -0.1) is 0 Å². The van der Waals surface area contributed by atoms with E-state index in [0.29, 0.717) is 13.2 Å². The first-order chi connectivity index (χ1) is 17.6. The van der Waals surface area contributed by atoms with E-state index in [0.717, 1.165) is 16.7 Å². The van der Waals surface area contributed by atoms with Crippen LogP contribution in [0.25, 0.3) is 0 Å². The van der Waals surface area contributed by atoms with Gasteiger partial charge in [0.1, 0.15) is 30.0 Å². The van der Waals surface area contributed by atoms with E-state index in [1.54, 1.807) is 0 Å². The number of aliphatic hydroxyl groups is 3. The molecule has 0 unspecified atom stereocenters. The molecule has 1 heterocycles. The topological polar surface area (TPSA) is 97.6 Å². The summed E-state index contributed by atoms with van der Waals surface area (Å²) in [6.07, 6.45) is -3.69. The molecule has 0 spiro atoms. The lowest BCUT2D eigenvalue weighted by molar-refractivity contribution is -0.280. The van der Waals surface area contributed by atoms with E-state index in [4.69, 9.17) is 18.9 Å². The molecule has 0 bridgehead atoms. The fourth-order valence-corrected chi connectivity index (χ4v) is 4.20. The van der Waals surface area contributed by atoms with Crippen LogP contribution in [0.15, 0.2) is 91.0 Å². The van der Waals surface area contributed by atoms with Gasteiger partial charge < -0.3 is 34.3 Å². The summed E-state index contributed by atoms with van der Waals surface area (Å²) in [5.74, 6) is 0. The Morgan fingerprint density at radius 3 is 1.89 bits per heavy atom. The van der Waals surface area contributed by atoms with Crippen molar-refractivity contribution < 1.29 is 34.3 Å². The Morgan fingerprint density at radius 2 is 1.33 bits per heavy atom. The molecule has 7 heteroatoms. The Labute approximate surface area is 211 Å². The van der Waals surface area contributed by atoms with Gasteiger partial charge in [-0.25, -0.2) is 0 Å². The maximum Gasteiger partial charge on any atom is 0.139 e. The zero-order valence-corrected chi connectivity index (χ0v) is 20.2. The molecule has 1 fully saturated rings. The summed E-state index contributed by atoms with van der Waals surface area (Å²) in [5.41, 5.74) is 1.07. The van der Waals surface area contributed by atoms with Gasteiger partial charge in [-0.3, -0.25) is 0 Å². The highest BCUT2D eigenvalue weighted by molar-refractivity contribution is 5.15. The molecule has 192 valence electrons. The minimum Gasteiger partial charge on any atom is -0.393 e. The number of ether oxygens (including phenoxy) is 4. The average Bonchev–Trinajstić information content (AvgIpc) is 2.93. The fraction of sp³-hybridized carbons (Fsp3) is 0.379.